The Labute approximate surface area is 119 Å². The van der Waals surface area contributed by atoms with Gasteiger partial charge in [-0.2, -0.15) is 0 Å². The van der Waals surface area contributed by atoms with Gasteiger partial charge in [0.05, 0.1) is 6.10 Å². The molecule has 0 aromatic heterocycles. The van der Waals surface area contributed by atoms with Crippen molar-refractivity contribution in [2.45, 2.75) is 44.1 Å². The molecule has 0 saturated carbocycles. The standard InChI is InChI=1S/C16H23NO3/c1-12-5-7-13(8-6-12)16(11-17,15(18)19)10-14-4-2-3-9-20-14/h5-8,14H,2-4,9-11,17H2,1H3,(H,18,19). The molecule has 1 aromatic carbocycles. The van der Waals surface area contributed by atoms with Crippen molar-refractivity contribution in [1.29, 1.82) is 0 Å². The van der Waals surface area contributed by atoms with E-state index in [4.69, 9.17) is 10.5 Å². The van der Waals surface area contributed by atoms with Crippen molar-refractivity contribution >= 4 is 5.97 Å². The summed E-state index contributed by atoms with van der Waals surface area (Å²) in [6.45, 7) is 2.79. The maximum atomic E-state index is 11.9. The summed E-state index contributed by atoms with van der Waals surface area (Å²) >= 11 is 0. The minimum atomic E-state index is -1.05. The van der Waals surface area contributed by atoms with Crippen LogP contribution in [0.1, 0.15) is 36.8 Å². The molecule has 2 rings (SSSR count). The highest BCUT2D eigenvalue weighted by Crippen LogP contribution is 2.32. The molecule has 4 nitrogen and oxygen atoms in total. The van der Waals surface area contributed by atoms with E-state index in [1.165, 1.54) is 0 Å². The maximum Gasteiger partial charge on any atom is 0.315 e. The van der Waals surface area contributed by atoms with Crippen LogP contribution in [0.4, 0.5) is 0 Å². The second kappa shape index (κ2) is 6.37. The zero-order valence-corrected chi connectivity index (χ0v) is 12.0. The van der Waals surface area contributed by atoms with E-state index in [0.29, 0.717) is 6.42 Å². The topological polar surface area (TPSA) is 72.5 Å². The number of carboxylic acids is 1. The Bertz CT molecular complexity index is 451. The average Bonchev–Trinajstić information content (AvgIpc) is 2.46. The molecule has 4 heteroatoms. The number of hydrogen-bond acceptors (Lipinski definition) is 3. The third kappa shape index (κ3) is 3.02. The summed E-state index contributed by atoms with van der Waals surface area (Å²) in [6, 6.07) is 7.62. The van der Waals surface area contributed by atoms with Crippen molar-refractivity contribution in [2.24, 2.45) is 5.73 Å². The molecule has 1 saturated heterocycles. The number of ether oxygens (including phenoxy) is 1. The van der Waals surface area contributed by atoms with Crippen molar-refractivity contribution < 1.29 is 14.6 Å². The van der Waals surface area contributed by atoms with Gasteiger partial charge >= 0.3 is 5.97 Å². The molecule has 1 aliphatic heterocycles. The van der Waals surface area contributed by atoms with Gasteiger partial charge in [-0.05, 0) is 38.2 Å². The van der Waals surface area contributed by atoms with E-state index in [1.54, 1.807) is 0 Å². The highest BCUT2D eigenvalue weighted by atomic mass is 16.5. The molecule has 1 heterocycles. The molecule has 0 radical (unpaired) electrons. The van der Waals surface area contributed by atoms with Gasteiger partial charge < -0.3 is 15.6 Å². The van der Waals surface area contributed by atoms with Gasteiger partial charge in [-0.25, -0.2) is 0 Å². The quantitative estimate of drug-likeness (QED) is 0.865. The summed E-state index contributed by atoms with van der Waals surface area (Å²) < 4.78 is 5.71. The monoisotopic (exact) mass is 277 g/mol. The van der Waals surface area contributed by atoms with Gasteiger partial charge in [-0.3, -0.25) is 4.79 Å². The van der Waals surface area contributed by atoms with Crippen LogP contribution in [0.25, 0.3) is 0 Å². The van der Waals surface area contributed by atoms with E-state index in [0.717, 1.165) is 37.0 Å². The summed E-state index contributed by atoms with van der Waals surface area (Å²) in [5.41, 5.74) is 6.69. The highest BCUT2D eigenvalue weighted by Gasteiger charge is 2.41. The number of aliphatic carboxylic acids is 1. The normalized spacial score (nSPS) is 22.2. The molecular weight excluding hydrogens is 254 g/mol. The lowest BCUT2D eigenvalue weighted by atomic mass is 9.75. The lowest BCUT2D eigenvalue weighted by Gasteiger charge is -2.34. The lowest BCUT2D eigenvalue weighted by molar-refractivity contribution is -0.145. The molecule has 3 N–H and O–H groups in total. The molecule has 20 heavy (non-hydrogen) atoms. The summed E-state index contributed by atoms with van der Waals surface area (Å²) in [6.07, 6.45) is 3.51. The minimum absolute atomic E-state index is 0.00953. The predicted molar refractivity (Wildman–Crippen MR) is 77.8 cm³/mol. The van der Waals surface area contributed by atoms with E-state index in [-0.39, 0.29) is 12.6 Å². The number of carboxylic acid groups (broad SMARTS) is 1. The average molecular weight is 277 g/mol. The second-order valence-corrected chi connectivity index (χ2v) is 5.65. The summed E-state index contributed by atoms with van der Waals surface area (Å²) in [5, 5.41) is 9.74. The maximum absolute atomic E-state index is 11.9. The zero-order valence-electron chi connectivity index (χ0n) is 12.0. The van der Waals surface area contributed by atoms with E-state index < -0.39 is 11.4 Å². The number of rotatable bonds is 5. The van der Waals surface area contributed by atoms with Crippen LogP contribution in [0.5, 0.6) is 0 Å². The van der Waals surface area contributed by atoms with E-state index >= 15 is 0 Å². The fraction of sp³-hybridized carbons (Fsp3) is 0.562. The van der Waals surface area contributed by atoms with Crippen LogP contribution in [0, 0.1) is 6.92 Å². The first-order valence-corrected chi connectivity index (χ1v) is 7.21. The first-order chi connectivity index (χ1) is 9.58. The minimum Gasteiger partial charge on any atom is -0.481 e. The largest absolute Gasteiger partial charge is 0.481 e. The number of nitrogens with two attached hydrogens (primary N) is 1. The van der Waals surface area contributed by atoms with E-state index in [2.05, 4.69) is 0 Å². The first kappa shape index (κ1) is 15.0. The van der Waals surface area contributed by atoms with Crippen LogP contribution in [-0.4, -0.2) is 30.3 Å². The Kier molecular flexibility index (Phi) is 4.78. The molecule has 0 amide bonds. The van der Waals surface area contributed by atoms with Crippen molar-refractivity contribution in [3.05, 3.63) is 35.4 Å². The van der Waals surface area contributed by atoms with Crippen LogP contribution in [0.15, 0.2) is 24.3 Å². The Balaban J connectivity index is 2.28. The van der Waals surface area contributed by atoms with Gasteiger partial charge in [-0.1, -0.05) is 29.8 Å². The van der Waals surface area contributed by atoms with Gasteiger partial charge in [0, 0.05) is 13.2 Å². The fourth-order valence-corrected chi connectivity index (χ4v) is 2.85. The third-order valence-corrected chi connectivity index (χ3v) is 4.21. The molecular formula is C16H23NO3. The first-order valence-electron chi connectivity index (χ1n) is 7.21. The molecule has 0 spiro atoms. The van der Waals surface area contributed by atoms with Gasteiger partial charge in [-0.15, -0.1) is 0 Å². The van der Waals surface area contributed by atoms with Gasteiger partial charge in [0.2, 0.25) is 0 Å². The Morgan fingerprint density at radius 3 is 2.60 bits per heavy atom. The van der Waals surface area contributed by atoms with Gasteiger partial charge in [0.15, 0.2) is 0 Å². The van der Waals surface area contributed by atoms with Crippen LogP contribution >= 0.6 is 0 Å². The lowest BCUT2D eigenvalue weighted by Crippen LogP contribution is -2.46. The molecule has 110 valence electrons. The van der Waals surface area contributed by atoms with Crippen molar-refractivity contribution in [2.75, 3.05) is 13.2 Å². The zero-order chi connectivity index (χ0) is 14.6. The smallest absolute Gasteiger partial charge is 0.315 e. The Morgan fingerprint density at radius 1 is 1.40 bits per heavy atom. The van der Waals surface area contributed by atoms with Crippen molar-refractivity contribution in [1.82, 2.24) is 0 Å². The van der Waals surface area contributed by atoms with Crippen LogP contribution < -0.4 is 5.73 Å². The van der Waals surface area contributed by atoms with Crippen molar-refractivity contribution in [3.63, 3.8) is 0 Å². The van der Waals surface area contributed by atoms with Crippen LogP contribution in [0.3, 0.4) is 0 Å². The molecule has 0 bridgehead atoms. The molecule has 0 aliphatic carbocycles. The van der Waals surface area contributed by atoms with Crippen molar-refractivity contribution in [3.8, 4) is 0 Å². The summed E-state index contributed by atoms with van der Waals surface area (Å²) in [7, 11) is 0. The van der Waals surface area contributed by atoms with Crippen LogP contribution in [0.2, 0.25) is 0 Å². The number of hydrogen-bond donors (Lipinski definition) is 2. The van der Waals surface area contributed by atoms with E-state index in [9.17, 15) is 9.90 Å². The second-order valence-electron chi connectivity index (χ2n) is 5.65. The summed E-state index contributed by atoms with van der Waals surface area (Å²) in [5.74, 6) is -0.863. The molecule has 2 unspecified atom stereocenters. The number of aryl methyl sites for hydroxylation is 1. The molecule has 1 aliphatic rings. The molecule has 1 aromatic rings. The highest BCUT2D eigenvalue weighted by molar-refractivity contribution is 5.82. The van der Waals surface area contributed by atoms with Gasteiger partial charge in [0.1, 0.15) is 5.41 Å². The Hall–Kier alpha value is -1.39. The van der Waals surface area contributed by atoms with Crippen LogP contribution in [-0.2, 0) is 14.9 Å². The number of benzene rings is 1. The van der Waals surface area contributed by atoms with Gasteiger partial charge in [0.25, 0.3) is 0 Å². The molecule has 1 fully saturated rings. The fourth-order valence-electron chi connectivity index (χ4n) is 2.85. The molecule has 2 atom stereocenters. The predicted octanol–water partition coefficient (Wildman–Crippen LogP) is 2.24. The SMILES string of the molecule is Cc1ccc(C(CN)(CC2CCCCO2)C(=O)O)cc1. The number of carbonyl (C=O) groups is 1. The summed E-state index contributed by atoms with van der Waals surface area (Å²) in [4.78, 5) is 11.9. The van der Waals surface area contributed by atoms with E-state index in [1.807, 2.05) is 31.2 Å². The third-order valence-electron chi connectivity index (χ3n) is 4.21. The Morgan fingerprint density at radius 2 is 2.10 bits per heavy atom.